The van der Waals surface area contributed by atoms with Gasteiger partial charge >= 0.3 is 0 Å². The Bertz CT molecular complexity index is 636. The molecule has 0 atom stereocenters. The van der Waals surface area contributed by atoms with Crippen LogP contribution in [0.5, 0.6) is 0 Å². The number of fused-ring (bicyclic) bond motifs is 1. The van der Waals surface area contributed by atoms with E-state index in [1.165, 1.54) is 0 Å². The van der Waals surface area contributed by atoms with Crippen molar-refractivity contribution in [3.8, 4) is 0 Å². The molecule has 0 unspecified atom stereocenters. The molecular formula is C14H20N2O3S. The number of hydrogen-bond donors (Lipinski definition) is 2. The summed E-state index contributed by atoms with van der Waals surface area (Å²) in [6.07, 6.45) is 0.588. The highest BCUT2D eigenvalue weighted by molar-refractivity contribution is 7.89. The lowest BCUT2D eigenvalue weighted by Gasteiger charge is -2.16. The van der Waals surface area contributed by atoms with E-state index in [0.717, 1.165) is 16.8 Å². The van der Waals surface area contributed by atoms with Crippen LogP contribution in [0.1, 0.15) is 38.3 Å². The summed E-state index contributed by atoms with van der Waals surface area (Å²) in [4.78, 5) is 11.8. The van der Waals surface area contributed by atoms with Crippen molar-refractivity contribution in [1.82, 2.24) is 4.72 Å². The topological polar surface area (TPSA) is 75.3 Å². The zero-order chi connectivity index (χ0) is 15.0. The number of carbonyl (C=O) groups is 1. The summed E-state index contributed by atoms with van der Waals surface area (Å²) < 4.78 is 25.9. The lowest BCUT2D eigenvalue weighted by atomic mass is 9.85. The van der Waals surface area contributed by atoms with Crippen LogP contribution < -0.4 is 10.0 Å². The first-order valence-electron chi connectivity index (χ1n) is 6.68. The highest BCUT2D eigenvalue weighted by Crippen LogP contribution is 2.37. The summed E-state index contributed by atoms with van der Waals surface area (Å²) in [7, 11) is -3.22. The second-order valence-corrected chi connectivity index (χ2v) is 7.53. The molecule has 1 heterocycles. The van der Waals surface area contributed by atoms with Crippen LogP contribution in [-0.2, 0) is 26.8 Å². The maximum absolute atomic E-state index is 11.8. The molecule has 0 saturated heterocycles. The summed E-state index contributed by atoms with van der Waals surface area (Å²) in [6.45, 7) is 5.80. The summed E-state index contributed by atoms with van der Waals surface area (Å²) in [5.74, 6) is 0.0972. The zero-order valence-corrected chi connectivity index (χ0v) is 12.8. The van der Waals surface area contributed by atoms with Crippen molar-refractivity contribution in [1.29, 1.82) is 0 Å². The molecule has 0 bridgehead atoms. The van der Waals surface area contributed by atoms with Gasteiger partial charge in [0.1, 0.15) is 0 Å². The molecule has 1 aliphatic heterocycles. The van der Waals surface area contributed by atoms with Crippen molar-refractivity contribution in [2.75, 3.05) is 11.1 Å². The largest absolute Gasteiger partial charge is 0.325 e. The van der Waals surface area contributed by atoms with E-state index in [2.05, 4.69) is 10.0 Å². The van der Waals surface area contributed by atoms with Crippen molar-refractivity contribution in [2.24, 2.45) is 0 Å². The first kappa shape index (κ1) is 15.0. The van der Waals surface area contributed by atoms with E-state index in [1.807, 2.05) is 39.0 Å². The molecule has 1 aromatic carbocycles. The Morgan fingerprint density at radius 1 is 1.30 bits per heavy atom. The van der Waals surface area contributed by atoms with E-state index in [-0.39, 0.29) is 18.2 Å². The molecule has 1 aliphatic rings. The fraction of sp³-hybridized carbons (Fsp3) is 0.500. The third kappa shape index (κ3) is 2.86. The number of anilines is 1. The second-order valence-electron chi connectivity index (χ2n) is 5.60. The van der Waals surface area contributed by atoms with Crippen LogP contribution in [0.2, 0.25) is 0 Å². The van der Waals surface area contributed by atoms with Gasteiger partial charge in [-0.15, -0.1) is 0 Å². The van der Waals surface area contributed by atoms with E-state index >= 15 is 0 Å². The van der Waals surface area contributed by atoms with E-state index in [0.29, 0.717) is 6.42 Å². The Morgan fingerprint density at radius 3 is 2.65 bits per heavy atom. The summed E-state index contributed by atoms with van der Waals surface area (Å²) in [5.41, 5.74) is 2.00. The van der Waals surface area contributed by atoms with Crippen LogP contribution in [-0.4, -0.2) is 20.1 Å². The number of rotatable bonds is 5. The molecule has 6 heteroatoms. The van der Waals surface area contributed by atoms with Gasteiger partial charge in [0.05, 0.1) is 11.2 Å². The van der Waals surface area contributed by atoms with Gasteiger partial charge in [-0.25, -0.2) is 13.1 Å². The quantitative estimate of drug-likeness (QED) is 0.869. The van der Waals surface area contributed by atoms with Crippen molar-refractivity contribution in [2.45, 2.75) is 39.2 Å². The molecule has 0 spiro atoms. The Balaban J connectivity index is 2.18. The van der Waals surface area contributed by atoms with Gasteiger partial charge in [-0.05, 0) is 37.5 Å². The minimum absolute atomic E-state index is 0.0313. The van der Waals surface area contributed by atoms with Crippen LogP contribution >= 0.6 is 0 Å². The third-order valence-electron chi connectivity index (χ3n) is 3.54. The monoisotopic (exact) mass is 296 g/mol. The predicted molar refractivity (Wildman–Crippen MR) is 79.0 cm³/mol. The molecule has 5 nitrogen and oxygen atoms in total. The van der Waals surface area contributed by atoms with Crippen molar-refractivity contribution >= 4 is 21.6 Å². The van der Waals surface area contributed by atoms with Crippen molar-refractivity contribution < 1.29 is 13.2 Å². The number of benzene rings is 1. The molecule has 0 saturated carbocycles. The maximum atomic E-state index is 11.8. The molecule has 0 aromatic heterocycles. The van der Waals surface area contributed by atoms with Gasteiger partial charge in [0, 0.05) is 12.2 Å². The van der Waals surface area contributed by atoms with Gasteiger partial charge in [0.2, 0.25) is 15.9 Å². The maximum Gasteiger partial charge on any atom is 0.234 e. The number of carbonyl (C=O) groups excluding carboxylic acids is 1. The first-order valence-corrected chi connectivity index (χ1v) is 8.33. The molecule has 2 rings (SSSR count). The second kappa shape index (κ2) is 5.18. The highest BCUT2D eigenvalue weighted by atomic mass is 32.2. The molecule has 20 heavy (non-hydrogen) atoms. The first-order chi connectivity index (χ1) is 9.26. The van der Waals surface area contributed by atoms with Crippen molar-refractivity contribution in [3.05, 3.63) is 29.3 Å². The standard InChI is InChI=1S/C14H20N2O3S/c1-4-7-20(18,19)15-9-10-5-6-12-11(8-10)14(2,3)13(17)16-12/h5-6,8,15H,4,7,9H2,1-3H3,(H,16,17). The van der Waals surface area contributed by atoms with Crippen LogP contribution in [0.4, 0.5) is 5.69 Å². The zero-order valence-electron chi connectivity index (χ0n) is 12.0. The van der Waals surface area contributed by atoms with E-state index in [9.17, 15) is 13.2 Å². The smallest absolute Gasteiger partial charge is 0.234 e. The third-order valence-corrected chi connectivity index (χ3v) is 5.07. The van der Waals surface area contributed by atoms with E-state index in [1.54, 1.807) is 0 Å². The number of nitrogens with one attached hydrogen (secondary N) is 2. The molecule has 1 amide bonds. The van der Waals surface area contributed by atoms with Gasteiger partial charge in [0.25, 0.3) is 0 Å². The SMILES string of the molecule is CCCS(=O)(=O)NCc1ccc2c(c1)C(C)(C)C(=O)N2. The van der Waals surface area contributed by atoms with Gasteiger partial charge in [0.15, 0.2) is 0 Å². The minimum Gasteiger partial charge on any atom is -0.325 e. The van der Waals surface area contributed by atoms with Crippen LogP contribution in [0.3, 0.4) is 0 Å². The van der Waals surface area contributed by atoms with E-state index < -0.39 is 15.4 Å². The van der Waals surface area contributed by atoms with Gasteiger partial charge < -0.3 is 5.32 Å². The summed E-state index contributed by atoms with van der Waals surface area (Å²) in [6, 6.07) is 5.54. The van der Waals surface area contributed by atoms with Crippen LogP contribution in [0, 0.1) is 0 Å². The van der Waals surface area contributed by atoms with Crippen LogP contribution in [0.15, 0.2) is 18.2 Å². The molecule has 0 radical (unpaired) electrons. The average Bonchev–Trinajstić information content (AvgIpc) is 2.58. The Morgan fingerprint density at radius 2 is 2.00 bits per heavy atom. The lowest BCUT2D eigenvalue weighted by molar-refractivity contribution is -0.119. The van der Waals surface area contributed by atoms with E-state index in [4.69, 9.17) is 0 Å². The molecule has 0 fully saturated rings. The predicted octanol–water partition coefficient (Wildman–Crippen LogP) is 1.75. The molecule has 2 N–H and O–H groups in total. The Hall–Kier alpha value is -1.40. The molecule has 1 aromatic rings. The summed E-state index contributed by atoms with van der Waals surface area (Å²) in [5, 5.41) is 2.83. The van der Waals surface area contributed by atoms with Crippen LogP contribution in [0.25, 0.3) is 0 Å². The average molecular weight is 296 g/mol. The molecule has 0 aliphatic carbocycles. The van der Waals surface area contributed by atoms with Gasteiger partial charge in [-0.1, -0.05) is 19.1 Å². The van der Waals surface area contributed by atoms with Crippen molar-refractivity contribution in [3.63, 3.8) is 0 Å². The number of hydrogen-bond acceptors (Lipinski definition) is 3. The number of amides is 1. The highest BCUT2D eigenvalue weighted by Gasteiger charge is 2.38. The lowest BCUT2D eigenvalue weighted by Crippen LogP contribution is -2.27. The Labute approximate surface area is 119 Å². The van der Waals surface area contributed by atoms with Gasteiger partial charge in [-0.2, -0.15) is 0 Å². The number of sulfonamides is 1. The summed E-state index contributed by atoms with van der Waals surface area (Å²) >= 11 is 0. The minimum atomic E-state index is -3.22. The molecule has 110 valence electrons. The fourth-order valence-corrected chi connectivity index (χ4v) is 3.33. The Kier molecular flexibility index (Phi) is 3.88. The fourth-order valence-electron chi connectivity index (χ4n) is 2.26. The molecular weight excluding hydrogens is 276 g/mol. The van der Waals surface area contributed by atoms with Gasteiger partial charge in [-0.3, -0.25) is 4.79 Å². The normalized spacial score (nSPS) is 16.9.